The molecule has 0 bridgehead atoms. The summed E-state index contributed by atoms with van der Waals surface area (Å²) in [5, 5.41) is 23.7. The first-order valence-electron chi connectivity index (χ1n) is 9.43. The monoisotopic (exact) mass is 378 g/mol. The highest BCUT2D eigenvalue weighted by Crippen LogP contribution is 2.34. The lowest BCUT2D eigenvalue weighted by Gasteiger charge is -2.13. The Hall–Kier alpha value is -3.21. The van der Waals surface area contributed by atoms with Crippen LogP contribution in [-0.2, 0) is 0 Å². The van der Waals surface area contributed by atoms with Gasteiger partial charge in [-0.25, -0.2) is 0 Å². The molecule has 0 saturated heterocycles. The van der Waals surface area contributed by atoms with Gasteiger partial charge in [0.25, 0.3) is 5.91 Å². The standard InChI is InChI=1S/C23H26N2O3/c1-14(2)16-9-11-17(12-10-16)25-13-20(26)21(23(25)28)22(27)24-19-8-6-5-7-18(19)15(3)4/h5-15,26,28H,1-4H3,(H,24,27). The van der Waals surface area contributed by atoms with Crippen LogP contribution in [0.5, 0.6) is 11.6 Å². The molecular weight excluding hydrogens is 352 g/mol. The molecule has 3 aromatic rings. The first-order valence-corrected chi connectivity index (χ1v) is 9.43. The van der Waals surface area contributed by atoms with Crippen LogP contribution in [0.15, 0.2) is 54.7 Å². The zero-order valence-electron chi connectivity index (χ0n) is 16.6. The Bertz CT molecular complexity index is 986. The Morgan fingerprint density at radius 1 is 0.929 bits per heavy atom. The van der Waals surface area contributed by atoms with Crippen molar-refractivity contribution in [3.8, 4) is 17.3 Å². The van der Waals surface area contributed by atoms with E-state index in [-0.39, 0.29) is 23.1 Å². The second-order valence-electron chi connectivity index (χ2n) is 7.53. The number of carbonyl (C=O) groups excluding carboxylic acids is 1. The molecule has 0 radical (unpaired) electrons. The molecule has 0 aliphatic carbocycles. The van der Waals surface area contributed by atoms with E-state index in [4.69, 9.17) is 0 Å². The molecule has 5 heteroatoms. The average molecular weight is 378 g/mol. The van der Waals surface area contributed by atoms with Crippen LogP contribution in [0, 0.1) is 0 Å². The first kappa shape index (κ1) is 19.5. The maximum atomic E-state index is 12.8. The van der Waals surface area contributed by atoms with Crippen molar-refractivity contribution in [1.82, 2.24) is 4.57 Å². The second-order valence-corrected chi connectivity index (χ2v) is 7.53. The van der Waals surface area contributed by atoms with Crippen LogP contribution < -0.4 is 5.32 Å². The number of aromatic nitrogens is 1. The molecule has 3 N–H and O–H groups in total. The Balaban J connectivity index is 1.93. The van der Waals surface area contributed by atoms with E-state index in [9.17, 15) is 15.0 Å². The van der Waals surface area contributed by atoms with E-state index in [0.717, 1.165) is 5.56 Å². The SMILES string of the molecule is CC(C)c1ccc(-n2cc(O)c(C(=O)Nc3ccccc3C(C)C)c2O)cc1. The molecule has 0 fully saturated rings. The number of benzene rings is 2. The Morgan fingerprint density at radius 3 is 2.18 bits per heavy atom. The third-order valence-electron chi connectivity index (χ3n) is 4.86. The van der Waals surface area contributed by atoms with Crippen LogP contribution in [0.3, 0.4) is 0 Å². The van der Waals surface area contributed by atoms with E-state index >= 15 is 0 Å². The number of anilines is 1. The molecule has 1 amide bonds. The van der Waals surface area contributed by atoms with Crippen LogP contribution in [0.2, 0.25) is 0 Å². The van der Waals surface area contributed by atoms with Gasteiger partial charge in [-0.3, -0.25) is 9.36 Å². The van der Waals surface area contributed by atoms with Gasteiger partial charge in [-0.05, 0) is 41.2 Å². The summed E-state index contributed by atoms with van der Waals surface area (Å²) in [5.74, 6) is -0.509. The second kappa shape index (κ2) is 7.80. The maximum absolute atomic E-state index is 12.8. The lowest BCUT2D eigenvalue weighted by atomic mass is 10.0. The fraction of sp³-hybridized carbons (Fsp3) is 0.261. The molecule has 1 heterocycles. The molecule has 0 atom stereocenters. The van der Waals surface area contributed by atoms with Crippen LogP contribution in [0.1, 0.15) is 61.0 Å². The van der Waals surface area contributed by atoms with Crippen molar-refractivity contribution in [2.24, 2.45) is 0 Å². The van der Waals surface area contributed by atoms with Crippen molar-refractivity contribution in [3.05, 3.63) is 71.4 Å². The minimum absolute atomic E-state index is 0.147. The zero-order valence-corrected chi connectivity index (χ0v) is 16.6. The fourth-order valence-electron chi connectivity index (χ4n) is 3.22. The number of amides is 1. The molecular formula is C23H26N2O3. The number of aromatic hydroxyl groups is 2. The van der Waals surface area contributed by atoms with Crippen molar-refractivity contribution in [3.63, 3.8) is 0 Å². The first-order chi connectivity index (χ1) is 13.3. The molecule has 0 spiro atoms. The summed E-state index contributed by atoms with van der Waals surface area (Å²) < 4.78 is 1.41. The van der Waals surface area contributed by atoms with Gasteiger partial charge in [-0.2, -0.15) is 0 Å². The van der Waals surface area contributed by atoms with E-state index in [1.807, 2.05) is 62.4 Å². The molecule has 28 heavy (non-hydrogen) atoms. The largest absolute Gasteiger partial charge is 0.505 e. The highest BCUT2D eigenvalue weighted by atomic mass is 16.3. The summed E-state index contributed by atoms with van der Waals surface area (Å²) >= 11 is 0. The van der Waals surface area contributed by atoms with Crippen molar-refractivity contribution in [2.45, 2.75) is 39.5 Å². The summed E-state index contributed by atoms with van der Waals surface area (Å²) in [6, 6.07) is 15.1. The van der Waals surface area contributed by atoms with Crippen molar-refractivity contribution in [1.29, 1.82) is 0 Å². The fourth-order valence-corrected chi connectivity index (χ4v) is 3.22. The predicted octanol–water partition coefficient (Wildman–Crippen LogP) is 5.39. The minimum atomic E-state index is -0.555. The van der Waals surface area contributed by atoms with Crippen LogP contribution in [0.4, 0.5) is 5.69 Å². The summed E-state index contributed by atoms with van der Waals surface area (Å²) in [6.07, 6.45) is 1.35. The zero-order chi connectivity index (χ0) is 20.4. The summed E-state index contributed by atoms with van der Waals surface area (Å²) in [6.45, 7) is 8.28. The molecule has 0 aliphatic rings. The molecule has 5 nitrogen and oxygen atoms in total. The quantitative estimate of drug-likeness (QED) is 0.557. The van der Waals surface area contributed by atoms with Gasteiger partial charge in [0, 0.05) is 11.4 Å². The molecule has 0 saturated carbocycles. The maximum Gasteiger partial charge on any atom is 0.264 e. The van der Waals surface area contributed by atoms with Gasteiger partial charge in [0.2, 0.25) is 5.88 Å². The number of nitrogens with zero attached hydrogens (tertiary/aromatic N) is 1. The van der Waals surface area contributed by atoms with E-state index in [0.29, 0.717) is 17.3 Å². The van der Waals surface area contributed by atoms with Crippen molar-refractivity contribution < 1.29 is 15.0 Å². The van der Waals surface area contributed by atoms with E-state index < -0.39 is 5.91 Å². The van der Waals surface area contributed by atoms with Gasteiger partial charge in [0.1, 0.15) is 11.3 Å². The van der Waals surface area contributed by atoms with Crippen molar-refractivity contribution in [2.75, 3.05) is 5.32 Å². The predicted molar refractivity (Wildman–Crippen MR) is 112 cm³/mol. The highest BCUT2D eigenvalue weighted by Gasteiger charge is 2.23. The van der Waals surface area contributed by atoms with E-state index in [1.54, 1.807) is 0 Å². The number of nitrogens with one attached hydrogen (secondary N) is 1. The van der Waals surface area contributed by atoms with Crippen LogP contribution in [0.25, 0.3) is 5.69 Å². The Labute approximate surface area is 165 Å². The Kier molecular flexibility index (Phi) is 5.45. The third kappa shape index (κ3) is 3.74. The molecule has 146 valence electrons. The number of para-hydroxylation sites is 1. The molecule has 0 unspecified atom stereocenters. The van der Waals surface area contributed by atoms with Gasteiger partial charge >= 0.3 is 0 Å². The van der Waals surface area contributed by atoms with Crippen molar-refractivity contribution >= 4 is 11.6 Å². The Morgan fingerprint density at radius 2 is 1.57 bits per heavy atom. The highest BCUT2D eigenvalue weighted by molar-refractivity contribution is 6.08. The average Bonchev–Trinajstić information content (AvgIpc) is 2.96. The van der Waals surface area contributed by atoms with Gasteiger partial charge in [-0.15, -0.1) is 0 Å². The molecule has 3 rings (SSSR count). The molecule has 2 aromatic carbocycles. The minimum Gasteiger partial charge on any atom is -0.505 e. The normalized spacial score (nSPS) is 11.2. The smallest absolute Gasteiger partial charge is 0.264 e. The van der Waals surface area contributed by atoms with Gasteiger partial charge in [0.05, 0.1) is 6.20 Å². The van der Waals surface area contributed by atoms with Crippen LogP contribution in [-0.4, -0.2) is 20.7 Å². The lowest BCUT2D eigenvalue weighted by Crippen LogP contribution is -2.13. The number of hydrogen-bond acceptors (Lipinski definition) is 3. The summed E-state index contributed by atoms with van der Waals surface area (Å²) in [4.78, 5) is 12.8. The van der Waals surface area contributed by atoms with Gasteiger partial charge in [0.15, 0.2) is 0 Å². The molecule has 0 aliphatic heterocycles. The third-order valence-corrected chi connectivity index (χ3v) is 4.86. The van der Waals surface area contributed by atoms with E-state index in [2.05, 4.69) is 19.2 Å². The number of hydrogen-bond donors (Lipinski definition) is 3. The van der Waals surface area contributed by atoms with E-state index in [1.165, 1.54) is 16.3 Å². The lowest BCUT2D eigenvalue weighted by molar-refractivity contribution is 0.102. The number of rotatable bonds is 5. The number of carbonyl (C=O) groups is 1. The van der Waals surface area contributed by atoms with Crippen LogP contribution >= 0.6 is 0 Å². The summed E-state index contributed by atoms with van der Waals surface area (Å²) in [5.41, 5.74) is 3.34. The van der Waals surface area contributed by atoms with Gasteiger partial charge in [-0.1, -0.05) is 58.0 Å². The molecule has 1 aromatic heterocycles. The van der Waals surface area contributed by atoms with Gasteiger partial charge < -0.3 is 15.5 Å². The topological polar surface area (TPSA) is 74.5 Å². The summed E-state index contributed by atoms with van der Waals surface area (Å²) in [7, 11) is 0.